The van der Waals surface area contributed by atoms with Gasteiger partial charge in [0.25, 0.3) is 0 Å². The molecule has 1 atom stereocenters. The summed E-state index contributed by atoms with van der Waals surface area (Å²) in [4.78, 5) is 20.8. The summed E-state index contributed by atoms with van der Waals surface area (Å²) in [6.45, 7) is 2.88. The van der Waals surface area contributed by atoms with Crippen LogP contribution in [0.3, 0.4) is 0 Å². The predicted molar refractivity (Wildman–Crippen MR) is 83.0 cm³/mol. The number of pyridine rings is 1. The van der Waals surface area contributed by atoms with E-state index in [1.54, 1.807) is 0 Å². The fourth-order valence-electron chi connectivity index (χ4n) is 3.48. The highest BCUT2D eigenvalue weighted by molar-refractivity contribution is 5.76. The standard InChI is InChI=1S/C16H24N4O/c1-19-9-3-5-14(19)13-4-2-6-15(18-13)20-10-7-12(8-11-20)16(17)21/h2,4,6,12,14H,3,5,7-11H2,1H3,(H2,17,21). The minimum atomic E-state index is -0.163. The van der Waals surface area contributed by atoms with E-state index in [0.29, 0.717) is 6.04 Å². The van der Waals surface area contributed by atoms with Gasteiger partial charge in [0, 0.05) is 19.0 Å². The molecule has 0 aliphatic carbocycles. The maximum absolute atomic E-state index is 11.2. The molecule has 0 bridgehead atoms. The number of aromatic nitrogens is 1. The van der Waals surface area contributed by atoms with Crippen molar-refractivity contribution in [3.05, 3.63) is 23.9 Å². The summed E-state index contributed by atoms with van der Waals surface area (Å²) in [7, 11) is 2.17. The highest BCUT2D eigenvalue weighted by Gasteiger charge is 2.26. The normalized spacial score (nSPS) is 24.4. The van der Waals surface area contributed by atoms with Crippen LogP contribution < -0.4 is 10.6 Å². The lowest BCUT2D eigenvalue weighted by atomic mass is 9.96. The largest absolute Gasteiger partial charge is 0.369 e. The van der Waals surface area contributed by atoms with Crippen LogP contribution in [0.2, 0.25) is 0 Å². The Morgan fingerprint density at radius 2 is 2.00 bits per heavy atom. The Bertz CT molecular complexity index is 511. The Morgan fingerprint density at radius 1 is 1.24 bits per heavy atom. The first-order valence-electron chi connectivity index (χ1n) is 7.86. The Labute approximate surface area is 126 Å². The van der Waals surface area contributed by atoms with E-state index in [1.165, 1.54) is 18.5 Å². The van der Waals surface area contributed by atoms with Crippen LogP contribution in [0, 0.1) is 5.92 Å². The SMILES string of the molecule is CN1CCCC1c1cccc(N2CCC(C(N)=O)CC2)n1. The molecule has 0 aromatic carbocycles. The zero-order chi connectivity index (χ0) is 14.8. The summed E-state index contributed by atoms with van der Waals surface area (Å²) in [5.74, 6) is 0.907. The monoisotopic (exact) mass is 288 g/mol. The molecule has 21 heavy (non-hydrogen) atoms. The number of hydrogen-bond donors (Lipinski definition) is 1. The maximum atomic E-state index is 11.2. The maximum Gasteiger partial charge on any atom is 0.220 e. The van der Waals surface area contributed by atoms with Crippen LogP contribution in [0.1, 0.15) is 37.4 Å². The van der Waals surface area contributed by atoms with Crippen LogP contribution in [0.25, 0.3) is 0 Å². The fraction of sp³-hybridized carbons (Fsp3) is 0.625. The molecule has 2 aliphatic heterocycles. The third kappa shape index (κ3) is 3.02. The number of hydrogen-bond acceptors (Lipinski definition) is 4. The summed E-state index contributed by atoms with van der Waals surface area (Å²) in [5.41, 5.74) is 6.57. The quantitative estimate of drug-likeness (QED) is 0.916. The number of nitrogens with two attached hydrogens (primary N) is 1. The Kier molecular flexibility index (Phi) is 4.10. The van der Waals surface area contributed by atoms with Gasteiger partial charge in [0.05, 0.1) is 11.7 Å². The van der Waals surface area contributed by atoms with Gasteiger partial charge in [-0.05, 0) is 51.4 Å². The minimum Gasteiger partial charge on any atom is -0.369 e. The van der Waals surface area contributed by atoms with Gasteiger partial charge in [0.2, 0.25) is 5.91 Å². The van der Waals surface area contributed by atoms with Crippen molar-refractivity contribution in [1.29, 1.82) is 0 Å². The first kappa shape index (κ1) is 14.3. The zero-order valence-corrected chi connectivity index (χ0v) is 12.7. The van der Waals surface area contributed by atoms with Gasteiger partial charge in [-0.2, -0.15) is 0 Å². The average Bonchev–Trinajstić information content (AvgIpc) is 2.94. The van der Waals surface area contributed by atoms with E-state index in [2.05, 4.69) is 35.0 Å². The molecule has 0 radical (unpaired) electrons. The van der Waals surface area contributed by atoms with Crippen LogP contribution >= 0.6 is 0 Å². The van der Waals surface area contributed by atoms with Crippen molar-refractivity contribution in [3.8, 4) is 0 Å². The molecule has 5 heteroatoms. The molecule has 2 N–H and O–H groups in total. The van der Waals surface area contributed by atoms with Crippen molar-refractivity contribution >= 4 is 11.7 Å². The molecule has 2 fully saturated rings. The van der Waals surface area contributed by atoms with Gasteiger partial charge in [0.1, 0.15) is 5.82 Å². The second kappa shape index (κ2) is 6.02. The van der Waals surface area contributed by atoms with Crippen LogP contribution in [-0.2, 0) is 4.79 Å². The average molecular weight is 288 g/mol. The molecule has 3 rings (SSSR count). The summed E-state index contributed by atoms with van der Waals surface area (Å²) in [6, 6.07) is 6.76. The molecule has 2 saturated heterocycles. The lowest BCUT2D eigenvalue weighted by Crippen LogP contribution is -2.39. The second-order valence-electron chi connectivity index (χ2n) is 6.22. The van der Waals surface area contributed by atoms with E-state index in [9.17, 15) is 4.79 Å². The highest BCUT2D eigenvalue weighted by Crippen LogP contribution is 2.30. The second-order valence-corrected chi connectivity index (χ2v) is 6.22. The van der Waals surface area contributed by atoms with Crippen LogP contribution in [0.4, 0.5) is 5.82 Å². The van der Waals surface area contributed by atoms with Crippen molar-refractivity contribution in [3.63, 3.8) is 0 Å². The van der Waals surface area contributed by atoms with Crippen LogP contribution in [0.15, 0.2) is 18.2 Å². The van der Waals surface area contributed by atoms with Gasteiger partial charge < -0.3 is 10.6 Å². The van der Waals surface area contributed by atoms with Gasteiger partial charge in [-0.25, -0.2) is 4.98 Å². The minimum absolute atomic E-state index is 0.0328. The van der Waals surface area contributed by atoms with E-state index in [0.717, 1.165) is 38.3 Å². The highest BCUT2D eigenvalue weighted by atomic mass is 16.1. The topological polar surface area (TPSA) is 62.5 Å². The number of carbonyl (C=O) groups excluding carboxylic acids is 1. The first-order chi connectivity index (χ1) is 10.1. The number of nitrogens with zero attached hydrogens (tertiary/aromatic N) is 3. The van der Waals surface area contributed by atoms with E-state index in [-0.39, 0.29) is 11.8 Å². The Morgan fingerprint density at radius 3 is 2.62 bits per heavy atom. The fourth-order valence-corrected chi connectivity index (χ4v) is 3.48. The summed E-state index contributed by atoms with van der Waals surface area (Å²) in [5, 5.41) is 0. The van der Waals surface area contributed by atoms with Gasteiger partial charge in [-0.1, -0.05) is 6.07 Å². The van der Waals surface area contributed by atoms with Crippen LogP contribution in [-0.4, -0.2) is 42.5 Å². The Balaban J connectivity index is 1.70. The Hall–Kier alpha value is -1.62. The molecule has 0 spiro atoms. The molecular weight excluding hydrogens is 264 g/mol. The summed E-state index contributed by atoms with van der Waals surface area (Å²) < 4.78 is 0. The third-order valence-electron chi connectivity index (χ3n) is 4.84. The third-order valence-corrected chi connectivity index (χ3v) is 4.84. The lowest BCUT2D eigenvalue weighted by Gasteiger charge is -2.32. The van der Waals surface area contributed by atoms with Gasteiger partial charge in [0.15, 0.2) is 0 Å². The molecule has 1 unspecified atom stereocenters. The van der Waals surface area contributed by atoms with Crippen molar-refractivity contribution in [2.45, 2.75) is 31.7 Å². The van der Waals surface area contributed by atoms with Gasteiger partial charge in [-0.3, -0.25) is 9.69 Å². The molecular formula is C16H24N4O. The molecule has 1 aromatic rings. The number of carbonyl (C=O) groups is 1. The van der Waals surface area contributed by atoms with E-state index in [1.807, 2.05) is 0 Å². The lowest BCUT2D eigenvalue weighted by molar-refractivity contribution is -0.122. The van der Waals surface area contributed by atoms with Crippen molar-refractivity contribution in [2.75, 3.05) is 31.6 Å². The molecule has 5 nitrogen and oxygen atoms in total. The summed E-state index contributed by atoms with van der Waals surface area (Å²) >= 11 is 0. The number of rotatable bonds is 3. The zero-order valence-electron chi connectivity index (χ0n) is 12.7. The van der Waals surface area contributed by atoms with E-state index >= 15 is 0 Å². The summed E-state index contributed by atoms with van der Waals surface area (Å²) in [6.07, 6.45) is 4.11. The number of anilines is 1. The van der Waals surface area contributed by atoms with Gasteiger partial charge >= 0.3 is 0 Å². The molecule has 1 amide bonds. The predicted octanol–water partition coefficient (Wildman–Crippen LogP) is 1.55. The number of primary amides is 1. The number of likely N-dealkylation sites (tertiary alicyclic amines) is 1. The molecule has 0 saturated carbocycles. The van der Waals surface area contributed by atoms with Gasteiger partial charge in [-0.15, -0.1) is 0 Å². The molecule has 1 aromatic heterocycles. The van der Waals surface area contributed by atoms with Crippen molar-refractivity contribution in [2.24, 2.45) is 11.7 Å². The van der Waals surface area contributed by atoms with Crippen LogP contribution in [0.5, 0.6) is 0 Å². The molecule has 3 heterocycles. The molecule has 114 valence electrons. The number of amides is 1. The number of piperidine rings is 1. The van der Waals surface area contributed by atoms with E-state index in [4.69, 9.17) is 10.7 Å². The van der Waals surface area contributed by atoms with Crippen molar-refractivity contribution in [1.82, 2.24) is 9.88 Å². The van der Waals surface area contributed by atoms with Crippen molar-refractivity contribution < 1.29 is 4.79 Å². The van der Waals surface area contributed by atoms with E-state index < -0.39 is 0 Å². The first-order valence-corrected chi connectivity index (χ1v) is 7.86. The smallest absolute Gasteiger partial charge is 0.220 e. The molecule has 2 aliphatic rings.